The number of halogens is 1. The van der Waals surface area contributed by atoms with Gasteiger partial charge in [-0.1, -0.05) is 11.6 Å². The van der Waals surface area contributed by atoms with Gasteiger partial charge in [-0.25, -0.2) is 9.59 Å². The van der Waals surface area contributed by atoms with Crippen LogP contribution in [0.2, 0.25) is 5.02 Å². The number of aromatic nitrogens is 2. The summed E-state index contributed by atoms with van der Waals surface area (Å²) in [6.45, 7) is 5.23. The van der Waals surface area contributed by atoms with E-state index in [-0.39, 0.29) is 10.6 Å². The van der Waals surface area contributed by atoms with E-state index in [1.54, 1.807) is 20.8 Å². The first-order valence-electron chi connectivity index (χ1n) is 5.83. The molecule has 0 unspecified atom stereocenters. The first kappa shape index (κ1) is 14.3. The summed E-state index contributed by atoms with van der Waals surface area (Å²) in [4.78, 5) is 23.0. The van der Waals surface area contributed by atoms with Crippen LogP contribution in [0.4, 0.5) is 4.79 Å². The number of hydrogen-bond acceptors (Lipinski definition) is 4. The Morgan fingerprint density at radius 3 is 2.55 bits per heavy atom. The molecule has 6 nitrogen and oxygen atoms in total. The fourth-order valence-electron chi connectivity index (χ4n) is 1.68. The van der Waals surface area contributed by atoms with Crippen molar-refractivity contribution >= 4 is 34.6 Å². The lowest BCUT2D eigenvalue weighted by Gasteiger charge is -2.19. The van der Waals surface area contributed by atoms with E-state index in [1.807, 2.05) is 0 Å². The molecule has 0 saturated carbocycles. The highest BCUT2D eigenvalue weighted by atomic mass is 35.5. The van der Waals surface area contributed by atoms with Crippen molar-refractivity contribution in [1.82, 2.24) is 9.78 Å². The predicted octanol–water partition coefficient (Wildman–Crippen LogP) is 3.17. The molecular weight excluding hydrogens is 284 g/mol. The highest BCUT2D eigenvalue weighted by Crippen LogP contribution is 2.27. The first-order chi connectivity index (χ1) is 9.20. The molecule has 1 aromatic carbocycles. The lowest BCUT2D eigenvalue weighted by molar-refractivity contribution is 0.0522. The van der Waals surface area contributed by atoms with Crippen LogP contribution in [0.5, 0.6) is 0 Å². The van der Waals surface area contributed by atoms with Gasteiger partial charge in [0.05, 0.1) is 22.3 Å². The molecule has 0 atom stereocenters. The summed E-state index contributed by atoms with van der Waals surface area (Å²) in [5, 5.41) is 13.3. The maximum atomic E-state index is 12.0. The third-order valence-corrected chi connectivity index (χ3v) is 2.89. The monoisotopic (exact) mass is 296 g/mol. The second-order valence-corrected chi connectivity index (χ2v) is 5.58. The van der Waals surface area contributed by atoms with Crippen molar-refractivity contribution in [3.8, 4) is 0 Å². The van der Waals surface area contributed by atoms with Crippen LogP contribution < -0.4 is 0 Å². The molecule has 0 bridgehead atoms. The number of rotatable bonds is 1. The zero-order chi connectivity index (χ0) is 15.1. The maximum Gasteiger partial charge on any atom is 0.435 e. The van der Waals surface area contributed by atoms with E-state index in [4.69, 9.17) is 21.4 Å². The van der Waals surface area contributed by atoms with Crippen molar-refractivity contribution in [2.24, 2.45) is 0 Å². The van der Waals surface area contributed by atoms with E-state index in [0.29, 0.717) is 10.9 Å². The Hall–Kier alpha value is -2.08. The van der Waals surface area contributed by atoms with E-state index in [0.717, 1.165) is 4.68 Å². The molecule has 0 saturated heterocycles. The third-order valence-electron chi connectivity index (χ3n) is 2.48. The Kier molecular flexibility index (Phi) is 3.43. The number of carboxylic acid groups (broad SMARTS) is 1. The van der Waals surface area contributed by atoms with Crippen molar-refractivity contribution in [3.05, 3.63) is 28.9 Å². The molecule has 0 spiro atoms. The molecule has 2 rings (SSSR count). The van der Waals surface area contributed by atoms with Crippen molar-refractivity contribution in [3.63, 3.8) is 0 Å². The first-order valence-corrected chi connectivity index (χ1v) is 6.21. The number of carboxylic acids is 1. The van der Waals surface area contributed by atoms with Crippen LogP contribution in [-0.2, 0) is 4.74 Å². The number of hydrogen-bond donors (Lipinski definition) is 1. The fraction of sp³-hybridized carbons (Fsp3) is 0.308. The molecule has 0 radical (unpaired) electrons. The smallest absolute Gasteiger partial charge is 0.435 e. The second kappa shape index (κ2) is 4.79. The van der Waals surface area contributed by atoms with Gasteiger partial charge in [0.15, 0.2) is 0 Å². The molecule has 0 aliphatic carbocycles. The average molecular weight is 297 g/mol. The molecule has 7 heteroatoms. The van der Waals surface area contributed by atoms with Crippen LogP contribution >= 0.6 is 11.6 Å². The third kappa shape index (κ3) is 2.60. The summed E-state index contributed by atoms with van der Waals surface area (Å²) < 4.78 is 6.26. The van der Waals surface area contributed by atoms with Gasteiger partial charge in [-0.2, -0.15) is 9.78 Å². The van der Waals surface area contributed by atoms with Gasteiger partial charge in [0, 0.05) is 5.39 Å². The Bertz CT molecular complexity index is 700. The second-order valence-electron chi connectivity index (χ2n) is 5.20. The van der Waals surface area contributed by atoms with Crippen LogP contribution in [0.1, 0.15) is 31.1 Å². The molecule has 0 amide bonds. The SMILES string of the molecule is CC(C)(C)OC(=O)n1ncc2c(Cl)c(C(=O)O)ccc21. The maximum absolute atomic E-state index is 12.0. The predicted molar refractivity (Wildman–Crippen MR) is 73.3 cm³/mol. The number of aromatic carboxylic acids is 1. The van der Waals surface area contributed by atoms with Crippen LogP contribution in [0.25, 0.3) is 10.9 Å². The molecule has 1 heterocycles. The van der Waals surface area contributed by atoms with Gasteiger partial charge in [0.1, 0.15) is 5.60 Å². The molecule has 1 N–H and O–H groups in total. The van der Waals surface area contributed by atoms with Gasteiger partial charge < -0.3 is 9.84 Å². The Labute approximate surface area is 119 Å². The summed E-state index contributed by atoms with van der Waals surface area (Å²) in [5.74, 6) is -1.14. The van der Waals surface area contributed by atoms with Crippen molar-refractivity contribution < 1.29 is 19.4 Å². The quantitative estimate of drug-likeness (QED) is 0.874. The summed E-state index contributed by atoms with van der Waals surface area (Å²) in [6, 6.07) is 2.80. The zero-order valence-corrected chi connectivity index (χ0v) is 11.9. The summed E-state index contributed by atoms with van der Waals surface area (Å²) in [6.07, 6.45) is 0.695. The molecule has 20 heavy (non-hydrogen) atoms. The Balaban J connectivity index is 2.51. The van der Waals surface area contributed by atoms with Crippen molar-refractivity contribution in [2.75, 3.05) is 0 Å². The zero-order valence-electron chi connectivity index (χ0n) is 11.2. The van der Waals surface area contributed by atoms with Gasteiger partial charge in [-0.05, 0) is 32.9 Å². The minimum absolute atomic E-state index is 0.0390. The van der Waals surface area contributed by atoms with Gasteiger partial charge in [0.2, 0.25) is 0 Å². The number of carbonyl (C=O) groups is 2. The van der Waals surface area contributed by atoms with Gasteiger partial charge >= 0.3 is 12.1 Å². The van der Waals surface area contributed by atoms with E-state index >= 15 is 0 Å². The van der Waals surface area contributed by atoms with Crippen LogP contribution in [0, 0.1) is 0 Å². The molecule has 0 aliphatic rings. The summed E-state index contributed by atoms with van der Waals surface area (Å²) >= 11 is 6.00. The van der Waals surface area contributed by atoms with Crippen LogP contribution in [0.3, 0.4) is 0 Å². The Morgan fingerprint density at radius 2 is 2.00 bits per heavy atom. The van der Waals surface area contributed by atoms with E-state index in [9.17, 15) is 9.59 Å². The number of fused-ring (bicyclic) bond motifs is 1. The standard InChI is InChI=1S/C13H13ClN2O4/c1-13(2,3)20-12(19)16-9-5-4-7(11(17)18)10(14)8(9)6-15-16/h4-6H,1-3H3,(H,17,18). The molecule has 106 valence electrons. The van der Waals surface area contributed by atoms with Gasteiger partial charge in [-0.3, -0.25) is 0 Å². The minimum atomic E-state index is -1.14. The van der Waals surface area contributed by atoms with Crippen LogP contribution in [-0.4, -0.2) is 32.6 Å². The number of carbonyl (C=O) groups excluding carboxylic acids is 1. The average Bonchev–Trinajstić information content (AvgIpc) is 2.71. The van der Waals surface area contributed by atoms with Crippen molar-refractivity contribution in [1.29, 1.82) is 0 Å². The van der Waals surface area contributed by atoms with E-state index < -0.39 is 17.7 Å². The number of benzene rings is 1. The van der Waals surface area contributed by atoms with E-state index in [1.165, 1.54) is 18.3 Å². The molecule has 2 aromatic rings. The van der Waals surface area contributed by atoms with Crippen molar-refractivity contribution in [2.45, 2.75) is 26.4 Å². The number of nitrogens with zero attached hydrogens (tertiary/aromatic N) is 2. The summed E-state index contributed by atoms with van der Waals surface area (Å²) in [5.41, 5.74) is -0.294. The minimum Gasteiger partial charge on any atom is -0.478 e. The topological polar surface area (TPSA) is 81.4 Å². The Morgan fingerprint density at radius 1 is 1.35 bits per heavy atom. The van der Waals surface area contributed by atoms with E-state index in [2.05, 4.69) is 5.10 Å². The summed E-state index contributed by atoms with van der Waals surface area (Å²) in [7, 11) is 0. The van der Waals surface area contributed by atoms with Gasteiger partial charge in [0.25, 0.3) is 0 Å². The number of ether oxygens (including phenoxy) is 1. The fourth-order valence-corrected chi connectivity index (χ4v) is 1.97. The normalized spacial score (nSPS) is 11.6. The highest BCUT2D eigenvalue weighted by Gasteiger charge is 2.22. The van der Waals surface area contributed by atoms with Gasteiger partial charge in [-0.15, -0.1) is 0 Å². The van der Waals surface area contributed by atoms with Crippen LogP contribution in [0.15, 0.2) is 18.3 Å². The highest BCUT2D eigenvalue weighted by molar-refractivity contribution is 6.38. The largest absolute Gasteiger partial charge is 0.478 e. The molecular formula is C13H13ClN2O4. The molecule has 0 aliphatic heterocycles. The molecule has 0 fully saturated rings. The lowest BCUT2D eigenvalue weighted by Crippen LogP contribution is -2.27. The molecule has 1 aromatic heterocycles. The lowest BCUT2D eigenvalue weighted by atomic mass is 10.1.